The molecular formula is C14H30Si. The molecule has 0 heterocycles. The Kier molecular flexibility index (Phi) is 6.63. The molecule has 90 valence electrons. The molecule has 0 spiro atoms. The molecule has 1 aliphatic carbocycles. The van der Waals surface area contributed by atoms with Gasteiger partial charge in [0.05, 0.1) is 0 Å². The molecule has 0 N–H and O–H groups in total. The zero-order valence-corrected chi connectivity index (χ0v) is 13.1. The number of rotatable bonds is 6. The smallest absolute Gasteiger partial charge is 0.00743 e. The lowest BCUT2D eigenvalue weighted by atomic mass is 9.76. The van der Waals surface area contributed by atoms with Gasteiger partial charge in [0.2, 0.25) is 0 Å². The van der Waals surface area contributed by atoms with Gasteiger partial charge in [-0.25, -0.2) is 0 Å². The molecule has 1 fully saturated rings. The summed E-state index contributed by atoms with van der Waals surface area (Å²) in [5.41, 5.74) is 1.15. The molecule has 2 atom stereocenters. The summed E-state index contributed by atoms with van der Waals surface area (Å²) in [6.07, 6.45) is 13.4. The third-order valence-corrected chi connectivity index (χ3v) is 6.38. The van der Waals surface area contributed by atoms with E-state index in [0.717, 1.165) is 17.4 Å². The highest BCUT2D eigenvalue weighted by atomic mass is 28.1. The molecule has 0 bridgehead atoms. The second kappa shape index (κ2) is 7.48. The Labute approximate surface area is 99.6 Å². The molecule has 0 aromatic heterocycles. The van der Waals surface area contributed by atoms with Crippen molar-refractivity contribution in [2.24, 2.45) is 11.8 Å². The van der Waals surface area contributed by atoms with Crippen LogP contribution in [0.2, 0.25) is 5.54 Å². The molecule has 0 saturated heterocycles. The minimum absolute atomic E-state index is 1.12. The third kappa shape index (κ3) is 4.30. The number of unbranched alkanes of at least 4 members (excludes halogenated alkanes) is 2. The maximum atomic E-state index is 2.33. The number of hydrogen-bond acceptors (Lipinski definition) is 0. The Bertz CT molecular complexity index is 139. The fourth-order valence-corrected chi connectivity index (χ4v) is 4.63. The maximum absolute atomic E-state index is 2.33. The van der Waals surface area contributed by atoms with Crippen LogP contribution < -0.4 is 0 Å². The summed E-state index contributed by atoms with van der Waals surface area (Å²) < 4.78 is 0. The van der Waals surface area contributed by atoms with Crippen LogP contribution in [-0.2, 0) is 0 Å². The van der Waals surface area contributed by atoms with E-state index >= 15 is 0 Å². The first-order valence-electron chi connectivity index (χ1n) is 7.29. The average Bonchev–Trinajstić information content (AvgIpc) is 2.26. The van der Waals surface area contributed by atoms with E-state index in [1.807, 2.05) is 0 Å². The van der Waals surface area contributed by atoms with Gasteiger partial charge in [-0.05, 0) is 17.4 Å². The van der Waals surface area contributed by atoms with Crippen LogP contribution in [0.5, 0.6) is 0 Å². The first-order chi connectivity index (χ1) is 7.29. The lowest BCUT2D eigenvalue weighted by molar-refractivity contribution is 0.238. The van der Waals surface area contributed by atoms with Crippen LogP contribution in [0.3, 0.4) is 0 Å². The summed E-state index contributed by atoms with van der Waals surface area (Å²) in [7, 11) is 1.45. The highest BCUT2D eigenvalue weighted by Crippen LogP contribution is 2.42. The van der Waals surface area contributed by atoms with Crippen LogP contribution in [-0.4, -0.2) is 10.2 Å². The van der Waals surface area contributed by atoms with Crippen molar-refractivity contribution in [3.8, 4) is 0 Å². The largest absolute Gasteiger partial charge is 0.0654 e. The summed E-state index contributed by atoms with van der Waals surface area (Å²) in [4.78, 5) is 0. The Hall–Kier alpha value is 0.217. The molecular weight excluding hydrogens is 196 g/mol. The van der Waals surface area contributed by atoms with Crippen LogP contribution >= 0.6 is 0 Å². The van der Waals surface area contributed by atoms with Crippen molar-refractivity contribution in [2.75, 3.05) is 0 Å². The predicted octanol–water partition coefficient (Wildman–Crippen LogP) is 3.94. The van der Waals surface area contributed by atoms with Crippen LogP contribution in [0.25, 0.3) is 0 Å². The fraction of sp³-hybridized carbons (Fsp3) is 1.00. The Morgan fingerprint density at radius 2 is 1.40 bits per heavy atom. The zero-order chi connectivity index (χ0) is 11.1. The van der Waals surface area contributed by atoms with Crippen molar-refractivity contribution in [3.63, 3.8) is 0 Å². The van der Waals surface area contributed by atoms with Gasteiger partial charge in [0, 0.05) is 10.2 Å². The molecule has 1 heteroatoms. The van der Waals surface area contributed by atoms with Crippen LogP contribution in [0.1, 0.15) is 71.6 Å². The molecule has 0 radical (unpaired) electrons. The van der Waals surface area contributed by atoms with E-state index in [9.17, 15) is 0 Å². The first-order valence-corrected chi connectivity index (χ1v) is 8.45. The van der Waals surface area contributed by atoms with Crippen molar-refractivity contribution in [2.45, 2.75) is 77.2 Å². The van der Waals surface area contributed by atoms with E-state index in [0.29, 0.717) is 0 Å². The highest BCUT2D eigenvalue weighted by molar-refractivity contribution is 6.12. The van der Waals surface area contributed by atoms with Crippen LogP contribution in [0, 0.1) is 11.8 Å². The summed E-state index contributed by atoms with van der Waals surface area (Å²) in [5, 5.41) is 0. The van der Waals surface area contributed by atoms with Crippen molar-refractivity contribution < 1.29 is 0 Å². The molecule has 1 rings (SSSR count). The average molecular weight is 226 g/mol. The second-order valence-corrected chi connectivity index (χ2v) is 6.93. The Morgan fingerprint density at radius 3 is 1.80 bits per heavy atom. The molecule has 1 aliphatic rings. The molecule has 0 aromatic rings. The van der Waals surface area contributed by atoms with Crippen LogP contribution in [0.4, 0.5) is 0 Å². The molecule has 0 aromatic carbocycles. The van der Waals surface area contributed by atoms with E-state index in [4.69, 9.17) is 0 Å². The van der Waals surface area contributed by atoms with Gasteiger partial charge in [0.15, 0.2) is 0 Å². The van der Waals surface area contributed by atoms with Crippen molar-refractivity contribution in [3.05, 3.63) is 0 Å². The standard InChI is InChI=1S/C14H30Si/c1-3-5-8-12-10-7-11-13(14(12)15)9-6-4-2/h12-14H,3-11H2,1-2,15H3. The van der Waals surface area contributed by atoms with Gasteiger partial charge in [-0.3, -0.25) is 0 Å². The van der Waals surface area contributed by atoms with Crippen LogP contribution in [0.15, 0.2) is 0 Å². The molecule has 0 amide bonds. The minimum atomic E-state index is 1.12. The van der Waals surface area contributed by atoms with Crippen molar-refractivity contribution in [1.82, 2.24) is 0 Å². The molecule has 1 saturated carbocycles. The molecule has 2 unspecified atom stereocenters. The molecule has 0 nitrogen and oxygen atoms in total. The fourth-order valence-electron chi connectivity index (χ4n) is 3.30. The lowest BCUT2D eigenvalue weighted by Crippen LogP contribution is -2.24. The highest BCUT2D eigenvalue weighted by Gasteiger charge is 2.28. The maximum Gasteiger partial charge on any atom is 0.00743 e. The third-order valence-electron chi connectivity index (χ3n) is 4.49. The van der Waals surface area contributed by atoms with E-state index in [2.05, 4.69) is 13.8 Å². The quantitative estimate of drug-likeness (QED) is 0.602. The summed E-state index contributed by atoms with van der Waals surface area (Å²) in [6.45, 7) is 4.67. The van der Waals surface area contributed by atoms with E-state index in [1.165, 1.54) is 55.2 Å². The van der Waals surface area contributed by atoms with Gasteiger partial charge in [-0.2, -0.15) is 0 Å². The van der Waals surface area contributed by atoms with E-state index < -0.39 is 0 Å². The van der Waals surface area contributed by atoms with Gasteiger partial charge in [0.1, 0.15) is 0 Å². The van der Waals surface area contributed by atoms with Crippen molar-refractivity contribution in [1.29, 1.82) is 0 Å². The molecule has 0 aliphatic heterocycles. The SMILES string of the molecule is CCCCC1CCCC(CCCC)C1[SiH3]. The molecule has 15 heavy (non-hydrogen) atoms. The lowest BCUT2D eigenvalue weighted by Gasteiger charge is -2.36. The van der Waals surface area contributed by atoms with Gasteiger partial charge >= 0.3 is 0 Å². The van der Waals surface area contributed by atoms with E-state index in [1.54, 1.807) is 12.8 Å². The monoisotopic (exact) mass is 226 g/mol. The first kappa shape index (κ1) is 13.3. The van der Waals surface area contributed by atoms with Gasteiger partial charge in [0.25, 0.3) is 0 Å². The van der Waals surface area contributed by atoms with Gasteiger partial charge in [-0.1, -0.05) is 71.6 Å². The van der Waals surface area contributed by atoms with E-state index in [-0.39, 0.29) is 0 Å². The normalized spacial score (nSPS) is 32.0. The second-order valence-electron chi connectivity index (χ2n) is 5.59. The summed E-state index contributed by atoms with van der Waals surface area (Å²) in [6, 6.07) is 0. The van der Waals surface area contributed by atoms with Gasteiger partial charge in [-0.15, -0.1) is 0 Å². The Balaban J connectivity index is 2.33. The van der Waals surface area contributed by atoms with Crippen molar-refractivity contribution >= 4 is 10.2 Å². The summed E-state index contributed by atoms with van der Waals surface area (Å²) >= 11 is 0. The topological polar surface area (TPSA) is 0 Å². The van der Waals surface area contributed by atoms with Gasteiger partial charge < -0.3 is 0 Å². The Morgan fingerprint density at radius 1 is 0.933 bits per heavy atom. The number of hydrogen-bond donors (Lipinski definition) is 0. The zero-order valence-electron chi connectivity index (χ0n) is 11.1. The minimum Gasteiger partial charge on any atom is -0.0654 e. The predicted molar refractivity (Wildman–Crippen MR) is 73.6 cm³/mol. The summed E-state index contributed by atoms with van der Waals surface area (Å²) in [5.74, 6) is 2.24.